The lowest BCUT2D eigenvalue weighted by Crippen LogP contribution is -2.40. The van der Waals surface area contributed by atoms with Gasteiger partial charge in [0.2, 0.25) is 5.91 Å². The fourth-order valence-electron chi connectivity index (χ4n) is 3.23. The van der Waals surface area contributed by atoms with Crippen LogP contribution in [-0.2, 0) is 11.2 Å². The molecule has 1 aliphatic heterocycles. The van der Waals surface area contributed by atoms with Gasteiger partial charge in [-0.3, -0.25) is 9.59 Å². The molecule has 5 heteroatoms. The first-order valence-corrected chi connectivity index (χ1v) is 9.54. The minimum atomic E-state index is 0.00902. The number of aryl methyl sites for hydroxylation is 1. The van der Waals surface area contributed by atoms with Gasteiger partial charge in [-0.1, -0.05) is 6.07 Å². The van der Waals surface area contributed by atoms with E-state index in [1.54, 1.807) is 18.4 Å². The summed E-state index contributed by atoms with van der Waals surface area (Å²) in [6.07, 6.45) is 2.85. The number of nitrogens with zero attached hydrogens (tertiary/aromatic N) is 1. The number of carbonyl (C=O) groups excluding carboxylic acids is 2. The van der Waals surface area contributed by atoms with Crippen LogP contribution in [0.5, 0.6) is 5.75 Å². The SMILES string of the molecule is COc1ccc(C(=O)C2CCN(C(=O)CCc3cccs3)CC2)cc1. The van der Waals surface area contributed by atoms with Crippen LogP contribution < -0.4 is 4.74 Å². The van der Waals surface area contributed by atoms with Crippen molar-refractivity contribution in [2.24, 2.45) is 5.92 Å². The van der Waals surface area contributed by atoms with Crippen LogP contribution in [0.1, 0.15) is 34.5 Å². The van der Waals surface area contributed by atoms with E-state index in [0.29, 0.717) is 19.5 Å². The average molecular weight is 357 g/mol. The van der Waals surface area contributed by atoms with Crippen LogP contribution in [-0.4, -0.2) is 36.8 Å². The summed E-state index contributed by atoms with van der Waals surface area (Å²) in [6.45, 7) is 1.35. The highest BCUT2D eigenvalue weighted by atomic mass is 32.1. The molecule has 0 aliphatic carbocycles. The molecule has 132 valence electrons. The van der Waals surface area contributed by atoms with Crippen molar-refractivity contribution >= 4 is 23.0 Å². The predicted molar refractivity (Wildman–Crippen MR) is 99.3 cm³/mol. The van der Waals surface area contributed by atoms with Gasteiger partial charge in [-0.15, -0.1) is 11.3 Å². The number of hydrogen-bond donors (Lipinski definition) is 0. The maximum atomic E-state index is 12.6. The first kappa shape index (κ1) is 17.7. The summed E-state index contributed by atoms with van der Waals surface area (Å²) in [4.78, 5) is 28.1. The van der Waals surface area contributed by atoms with E-state index in [1.165, 1.54) is 4.88 Å². The van der Waals surface area contributed by atoms with E-state index >= 15 is 0 Å². The van der Waals surface area contributed by atoms with Crippen LogP contribution >= 0.6 is 11.3 Å². The number of hydrogen-bond acceptors (Lipinski definition) is 4. The Labute approximate surface area is 152 Å². The highest BCUT2D eigenvalue weighted by Gasteiger charge is 2.27. The molecule has 0 unspecified atom stereocenters. The van der Waals surface area contributed by atoms with E-state index in [0.717, 1.165) is 30.6 Å². The molecule has 0 N–H and O–H groups in total. The number of amides is 1. The van der Waals surface area contributed by atoms with Crippen molar-refractivity contribution in [2.75, 3.05) is 20.2 Å². The van der Waals surface area contributed by atoms with Gasteiger partial charge >= 0.3 is 0 Å². The number of ether oxygens (including phenoxy) is 1. The second kappa shape index (κ2) is 8.30. The predicted octanol–water partition coefficient (Wildman–Crippen LogP) is 3.81. The van der Waals surface area contributed by atoms with Gasteiger partial charge < -0.3 is 9.64 Å². The molecular formula is C20H23NO3S. The number of ketones is 1. The Bertz CT molecular complexity index is 701. The molecule has 4 nitrogen and oxygen atoms in total. The number of Topliss-reactive ketones (excluding diaryl/α,β-unsaturated/α-hetero) is 1. The topological polar surface area (TPSA) is 46.6 Å². The third kappa shape index (κ3) is 4.48. The molecule has 0 spiro atoms. The van der Waals surface area contributed by atoms with E-state index in [-0.39, 0.29) is 17.6 Å². The molecule has 2 aromatic rings. The van der Waals surface area contributed by atoms with E-state index in [4.69, 9.17) is 4.74 Å². The number of carbonyl (C=O) groups is 2. The molecular weight excluding hydrogens is 334 g/mol. The molecule has 3 rings (SSSR count). The van der Waals surface area contributed by atoms with Crippen LogP contribution in [0.15, 0.2) is 41.8 Å². The summed E-state index contributed by atoms with van der Waals surface area (Å²) in [5.41, 5.74) is 0.725. The molecule has 0 saturated carbocycles. The lowest BCUT2D eigenvalue weighted by Gasteiger charge is -2.31. The molecule has 1 saturated heterocycles. The largest absolute Gasteiger partial charge is 0.497 e. The third-order valence-corrected chi connectivity index (χ3v) is 5.69. The lowest BCUT2D eigenvalue weighted by molar-refractivity contribution is -0.132. The number of methoxy groups -OCH3 is 1. The van der Waals surface area contributed by atoms with Gasteiger partial charge in [-0.2, -0.15) is 0 Å². The van der Waals surface area contributed by atoms with Crippen LogP contribution in [0, 0.1) is 5.92 Å². The maximum Gasteiger partial charge on any atom is 0.222 e. The van der Waals surface area contributed by atoms with Gasteiger partial charge in [-0.05, 0) is 55.0 Å². The van der Waals surface area contributed by atoms with Gasteiger partial charge in [0, 0.05) is 35.9 Å². The van der Waals surface area contributed by atoms with E-state index in [9.17, 15) is 9.59 Å². The molecule has 0 radical (unpaired) electrons. The second-order valence-electron chi connectivity index (χ2n) is 6.33. The van der Waals surface area contributed by atoms with E-state index in [1.807, 2.05) is 40.6 Å². The van der Waals surface area contributed by atoms with Crippen molar-refractivity contribution in [1.82, 2.24) is 4.90 Å². The number of benzene rings is 1. The summed E-state index contributed by atoms with van der Waals surface area (Å²) in [5.74, 6) is 1.13. The Morgan fingerprint density at radius 2 is 1.88 bits per heavy atom. The lowest BCUT2D eigenvalue weighted by atomic mass is 9.88. The Morgan fingerprint density at radius 1 is 1.16 bits per heavy atom. The van der Waals surface area contributed by atoms with Gasteiger partial charge in [0.05, 0.1) is 7.11 Å². The molecule has 1 aliphatic rings. The van der Waals surface area contributed by atoms with Crippen molar-refractivity contribution in [3.63, 3.8) is 0 Å². The number of likely N-dealkylation sites (tertiary alicyclic amines) is 1. The first-order valence-electron chi connectivity index (χ1n) is 8.66. The maximum absolute atomic E-state index is 12.6. The zero-order valence-corrected chi connectivity index (χ0v) is 15.3. The molecule has 1 aromatic heterocycles. The second-order valence-corrected chi connectivity index (χ2v) is 7.36. The Kier molecular flexibility index (Phi) is 5.87. The number of rotatable bonds is 6. The fourth-order valence-corrected chi connectivity index (χ4v) is 3.93. The first-order chi connectivity index (χ1) is 12.2. The fraction of sp³-hybridized carbons (Fsp3) is 0.400. The summed E-state index contributed by atoms with van der Waals surface area (Å²) in [7, 11) is 1.61. The number of thiophene rings is 1. The average Bonchev–Trinajstić information content (AvgIpc) is 3.19. The smallest absolute Gasteiger partial charge is 0.222 e. The van der Waals surface area contributed by atoms with Gasteiger partial charge in [0.15, 0.2) is 5.78 Å². The quantitative estimate of drug-likeness (QED) is 0.739. The molecule has 1 aromatic carbocycles. The Hall–Kier alpha value is -2.14. The molecule has 0 bridgehead atoms. The highest BCUT2D eigenvalue weighted by molar-refractivity contribution is 7.09. The van der Waals surface area contributed by atoms with Crippen LogP contribution in [0.25, 0.3) is 0 Å². The molecule has 25 heavy (non-hydrogen) atoms. The van der Waals surface area contributed by atoms with Crippen molar-refractivity contribution in [1.29, 1.82) is 0 Å². The number of piperidine rings is 1. The summed E-state index contributed by atoms with van der Waals surface area (Å²) < 4.78 is 5.13. The zero-order chi connectivity index (χ0) is 17.6. The molecule has 0 atom stereocenters. The minimum Gasteiger partial charge on any atom is -0.497 e. The van der Waals surface area contributed by atoms with Crippen molar-refractivity contribution < 1.29 is 14.3 Å². The van der Waals surface area contributed by atoms with Crippen LogP contribution in [0.3, 0.4) is 0 Å². The Morgan fingerprint density at radius 3 is 2.48 bits per heavy atom. The molecule has 1 amide bonds. The van der Waals surface area contributed by atoms with Crippen molar-refractivity contribution in [3.05, 3.63) is 52.2 Å². The standard InChI is InChI=1S/C20H23NO3S/c1-24-17-6-4-15(5-7-17)20(23)16-10-12-21(13-11-16)19(22)9-8-18-3-2-14-25-18/h2-7,14,16H,8-13H2,1H3. The van der Waals surface area contributed by atoms with Crippen molar-refractivity contribution in [3.8, 4) is 5.75 Å². The zero-order valence-electron chi connectivity index (χ0n) is 14.4. The highest BCUT2D eigenvalue weighted by Crippen LogP contribution is 2.24. The van der Waals surface area contributed by atoms with Gasteiger partial charge in [-0.25, -0.2) is 0 Å². The molecule has 1 fully saturated rings. The van der Waals surface area contributed by atoms with Crippen molar-refractivity contribution in [2.45, 2.75) is 25.7 Å². The Balaban J connectivity index is 1.48. The van der Waals surface area contributed by atoms with Crippen LogP contribution in [0.4, 0.5) is 0 Å². The van der Waals surface area contributed by atoms with E-state index in [2.05, 4.69) is 6.07 Å². The summed E-state index contributed by atoms with van der Waals surface area (Å²) in [5, 5.41) is 2.04. The summed E-state index contributed by atoms with van der Waals surface area (Å²) in [6, 6.07) is 11.4. The molecule has 2 heterocycles. The van der Waals surface area contributed by atoms with Gasteiger partial charge in [0.25, 0.3) is 0 Å². The monoisotopic (exact) mass is 357 g/mol. The minimum absolute atomic E-state index is 0.00902. The summed E-state index contributed by atoms with van der Waals surface area (Å²) >= 11 is 1.69. The van der Waals surface area contributed by atoms with E-state index < -0.39 is 0 Å². The third-order valence-electron chi connectivity index (χ3n) is 4.76. The van der Waals surface area contributed by atoms with Gasteiger partial charge in [0.1, 0.15) is 5.75 Å². The van der Waals surface area contributed by atoms with Crippen LogP contribution in [0.2, 0.25) is 0 Å². The normalized spacial score (nSPS) is 15.2.